The Hall–Kier alpha value is -2.55. The van der Waals surface area contributed by atoms with Crippen molar-refractivity contribution in [3.8, 4) is 11.5 Å². The number of rotatable bonds is 4. The summed E-state index contributed by atoms with van der Waals surface area (Å²) in [6.45, 7) is 3.07. The number of ether oxygens (including phenoxy) is 1. The zero-order chi connectivity index (χ0) is 15.5. The third-order valence-corrected chi connectivity index (χ3v) is 4.04. The van der Waals surface area contributed by atoms with Crippen LogP contribution in [0.25, 0.3) is 10.8 Å². The van der Waals surface area contributed by atoms with Crippen molar-refractivity contribution in [2.75, 3.05) is 7.11 Å². The number of aromatic nitrogens is 1. The summed E-state index contributed by atoms with van der Waals surface area (Å²) in [6.07, 6.45) is 5.14. The monoisotopic (exact) mass is 294 g/mol. The Kier molecular flexibility index (Phi) is 3.96. The molecule has 1 aromatic heterocycles. The summed E-state index contributed by atoms with van der Waals surface area (Å²) in [5.41, 5.74) is 2.70. The molecule has 0 saturated heterocycles. The van der Waals surface area contributed by atoms with E-state index in [-0.39, 0.29) is 5.75 Å². The molecule has 0 unspecified atom stereocenters. The van der Waals surface area contributed by atoms with Crippen LogP contribution in [0, 0.1) is 6.92 Å². The Bertz CT molecular complexity index is 812. The molecule has 0 fully saturated rings. The van der Waals surface area contributed by atoms with Gasteiger partial charge < -0.3 is 9.84 Å². The van der Waals surface area contributed by atoms with E-state index in [9.17, 15) is 5.11 Å². The van der Waals surface area contributed by atoms with E-state index in [1.54, 1.807) is 13.2 Å². The molecule has 112 valence electrons. The second-order valence-corrected chi connectivity index (χ2v) is 5.51. The van der Waals surface area contributed by atoms with Gasteiger partial charge in [-0.25, -0.2) is 4.57 Å². The summed E-state index contributed by atoms with van der Waals surface area (Å²) in [5.74, 6) is 0.678. The first kappa shape index (κ1) is 14.4. The Morgan fingerprint density at radius 3 is 2.68 bits per heavy atom. The molecule has 22 heavy (non-hydrogen) atoms. The smallest absolute Gasteiger partial charge is 0.176 e. The van der Waals surface area contributed by atoms with Gasteiger partial charge in [-0.1, -0.05) is 24.3 Å². The molecule has 0 spiro atoms. The number of aryl methyl sites for hydroxylation is 3. The molecule has 0 atom stereocenters. The van der Waals surface area contributed by atoms with Gasteiger partial charge in [-0.05, 0) is 35.6 Å². The number of hydrogen-bond acceptors (Lipinski definition) is 2. The number of phenols is 1. The molecule has 0 aliphatic carbocycles. The fourth-order valence-electron chi connectivity index (χ4n) is 2.70. The first-order chi connectivity index (χ1) is 10.7. The Labute approximate surface area is 130 Å². The molecule has 1 heterocycles. The van der Waals surface area contributed by atoms with Crippen LogP contribution in [0.4, 0.5) is 0 Å². The molecule has 0 saturated carbocycles. The Morgan fingerprint density at radius 1 is 1.09 bits per heavy atom. The summed E-state index contributed by atoms with van der Waals surface area (Å²) in [7, 11) is 1.57. The average Bonchev–Trinajstić information content (AvgIpc) is 2.53. The number of fused-ring (bicyclic) bond motifs is 1. The highest BCUT2D eigenvalue weighted by atomic mass is 16.5. The number of phenolic OH excluding ortho intramolecular Hbond substituents is 1. The van der Waals surface area contributed by atoms with Crippen molar-refractivity contribution < 1.29 is 14.4 Å². The number of aromatic hydroxyl groups is 1. The average molecular weight is 294 g/mol. The molecule has 3 rings (SSSR count). The van der Waals surface area contributed by atoms with Gasteiger partial charge in [0.2, 0.25) is 0 Å². The lowest BCUT2D eigenvalue weighted by atomic mass is 10.1. The van der Waals surface area contributed by atoms with Gasteiger partial charge >= 0.3 is 0 Å². The van der Waals surface area contributed by atoms with Crippen molar-refractivity contribution in [2.24, 2.45) is 0 Å². The summed E-state index contributed by atoms with van der Waals surface area (Å²) >= 11 is 0. The van der Waals surface area contributed by atoms with E-state index in [0.29, 0.717) is 5.75 Å². The van der Waals surface area contributed by atoms with E-state index in [0.717, 1.165) is 23.7 Å². The summed E-state index contributed by atoms with van der Waals surface area (Å²) in [4.78, 5) is 0. The molecule has 0 aliphatic rings. The number of methoxy groups -OCH3 is 1. The minimum atomic E-state index is 0.174. The topological polar surface area (TPSA) is 33.3 Å². The predicted octanol–water partition coefficient (Wildman–Crippen LogP) is 3.39. The van der Waals surface area contributed by atoms with E-state index in [1.807, 2.05) is 18.3 Å². The third kappa shape index (κ3) is 2.89. The highest BCUT2D eigenvalue weighted by molar-refractivity contribution is 5.84. The highest BCUT2D eigenvalue weighted by Gasteiger charge is 2.09. The van der Waals surface area contributed by atoms with Gasteiger partial charge in [0.1, 0.15) is 0 Å². The predicted molar refractivity (Wildman–Crippen MR) is 87.2 cm³/mol. The standard InChI is InChI=1S/C19H19NO2/c1-14-5-3-4-6-15(14)7-9-20-10-8-16-11-18(21)19(22-2)12-17(16)13-20/h3-6,8,10-13H,7,9H2,1-2H3/p+1. The molecular weight excluding hydrogens is 274 g/mol. The largest absolute Gasteiger partial charge is 0.504 e. The van der Waals surface area contributed by atoms with Gasteiger partial charge in [-0.2, -0.15) is 0 Å². The van der Waals surface area contributed by atoms with Gasteiger partial charge in [0.25, 0.3) is 0 Å². The molecule has 0 radical (unpaired) electrons. The minimum Gasteiger partial charge on any atom is -0.504 e. The molecular formula is C19H20NO2+. The third-order valence-electron chi connectivity index (χ3n) is 4.04. The second kappa shape index (κ2) is 6.06. The fraction of sp³-hybridized carbons (Fsp3) is 0.211. The zero-order valence-corrected chi connectivity index (χ0v) is 12.9. The molecule has 3 nitrogen and oxygen atoms in total. The highest BCUT2D eigenvalue weighted by Crippen LogP contribution is 2.30. The maximum atomic E-state index is 9.83. The zero-order valence-electron chi connectivity index (χ0n) is 12.9. The van der Waals surface area contributed by atoms with Crippen LogP contribution in [-0.2, 0) is 13.0 Å². The van der Waals surface area contributed by atoms with Gasteiger partial charge in [-0.15, -0.1) is 0 Å². The molecule has 0 bridgehead atoms. The van der Waals surface area contributed by atoms with Gasteiger partial charge in [0, 0.05) is 17.9 Å². The van der Waals surface area contributed by atoms with Crippen molar-refractivity contribution in [3.05, 3.63) is 66.0 Å². The van der Waals surface area contributed by atoms with Crippen molar-refractivity contribution in [1.82, 2.24) is 0 Å². The lowest BCUT2D eigenvalue weighted by molar-refractivity contribution is -0.695. The van der Waals surface area contributed by atoms with E-state index in [4.69, 9.17) is 4.74 Å². The van der Waals surface area contributed by atoms with Crippen LogP contribution >= 0.6 is 0 Å². The van der Waals surface area contributed by atoms with Crippen molar-refractivity contribution in [2.45, 2.75) is 19.9 Å². The van der Waals surface area contributed by atoms with Crippen LogP contribution < -0.4 is 9.30 Å². The van der Waals surface area contributed by atoms with E-state index < -0.39 is 0 Å². The Balaban J connectivity index is 1.85. The molecule has 2 aromatic carbocycles. The number of pyridine rings is 1. The molecule has 1 N–H and O–H groups in total. The van der Waals surface area contributed by atoms with Crippen molar-refractivity contribution >= 4 is 10.8 Å². The maximum absolute atomic E-state index is 9.83. The number of nitrogens with zero attached hydrogens (tertiary/aromatic N) is 1. The van der Waals surface area contributed by atoms with Crippen LogP contribution in [-0.4, -0.2) is 12.2 Å². The van der Waals surface area contributed by atoms with Crippen LogP contribution in [0.2, 0.25) is 0 Å². The maximum Gasteiger partial charge on any atom is 0.176 e. The van der Waals surface area contributed by atoms with Gasteiger partial charge in [0.05, 0.1) is 7.11 Å². The molecule has 0 amide bonds. The van der Waals surface area contributed by atoms with E-state index in [1.165, 1.54) is 11.1 Å². The summed E-state index contributed by atoms with van der Waals surface area (Å²) in [6, 6.07) is 14.1. The van der Waals surface area contributed by atoms with Crippen LogP contribution in [0.1, 0.15) is 11.1 Å². The molecule has 3 aromatic rings. The summed E-state index contributed by atoms with van der Waals surface area (Å²) < 4.78 is 7.35. The normalized spacial score (nSPS) is 10.8. The SMILES string of the molecule is COc1cc2c[n+](CCc3ccccc3C)ccc2cc1O. The minimum absolute atomic E-state index is 0.174. The first-order valence-corrected chi connectivity index (χ1v) is 7.41. The van der Waals surface area contributed by atoms with Crippen molar-refractivity contribution in [1.29, 1.82) is 0 Å². The lowest BCUT2D eigenvalue weighted by Crippen LogP contribution is -2.33. The number of benzene rings is 2. The van der Waals surface area contributed by atoms with E-state index in [2.05, 4.69) is 42.0 Å². The fourth-order valence-corrected chi connectivity index (χ4v) is 2.70. The van der Waals surface area contributed by atoms with Gasteiger partial charge in [-0.3, -0.25) is 0 Å². The second-order valence-electron chi connectivity index (χ2n) is 5.51. The van der Waals surface area contributed by atoms with Crippen LogP contribution in [0.15, 0.2) is 54.9 Å². The van der Waals surface area contributed by atoms with Gasteiger partial charge in [0.15, 0.2) is 30.4 Å². The summed E-state index contributed by atoms with van der Waals surface area (Å²) in [5, 5.41) is 11.9. The molecule has 3 heteroatoms. The quantitative estimate of drug-likeness (QED) is 0.748. The molecule has 0 aliphatic heterocycles. The first-order valence-electron chi connectivity index (χ1n) is 7.41. The number of hydrogen-bond donors (Lipinski definition) is 1. The van der Waals surface area contributed by atoms with E-state index >= 15 is 0 Å². The van der Waals surface area contributed by atoms with Crippen LogP contribution in [0.3, 0.4) is 0 Å². The van der Waals surface area contributed by atoms with Crippen LogP contribution in [0.5, 0.6) is 11.5 Å². The Morgan fingerprint density at radius 2 is 1.91 bits per heavy atom. The van der Waals surface area contributed by atoms with Crippen molar-refractivity contribution in [3.63, 3.8) is 0 Å². The lowest BCUT2D eigenvalue weighted by Gasteiger charge is -2.06.